The number of rotatable bonds is 15. The maximum Gasteiger partial charge on any atom is 3.00 e. The van der Waals surface area contributed by atoms with E-state index in [9.17, 15) is 59.4 Å². The number of nitrogens with zero attached hydrogens (tertiary/aromatic N) is 6. The molecule has 0 unspecified atom stereocenters. The summed E-state index contributed by atoms with van der Waals surface area (Å²) < 4.78 is 17.0. The van der Waals surface area contributed by atoms with Crippen LogP contribution in [0.25, 0.3) is 34.0 Å². The van der Waals surface area contributed by atoms with Crippen molar-refractivity contribution in [2.24, 2.45) is 0 Å². The molecule has 0 saturated carbocycles. The zero-order valence-corrected chi connectivity index (χ0v) is 38.3. The predicted molar refractivity (Wildman–Crippen MR) is 220 cm³/mol. The van der Waals surface area contributed by atoms with Crippen molar-refractivity contribution in [3.8, 4) is 34.0 Å². The summed E-state index contributed by atoms with van der Waals surface area (Å²) in [7, 11) is 0. The van der Waals surface area contributed by atoms with Gasteiger partial charge in [0.05, 0.1) is 40.7 Å². The van der Waals surface area contributed by atoms with Gasteiger partial charge in [-0.05, 0) is 75.4 Å². The molecule has 22 heteroatoms. The van der Waals surface area contributed by atoms with Gasteiger partial charge in [0.2, 0.25) is 0 Å². The van der Waals surface area contributed by atoms with Crippen LogP contribution in [0.4, 0.5) is 0 Å². The Hall–Kier alpha value is -6.43. The first kappa shape index (κ1) is 50.0. The minimum atomic E-state index is -1.58. The molecule has 7 heterocycles. The number of aryl methyl sites for hydroxylation is 3. The average Bonchev–Trinajstić information content (AvgIpc) is 3.99. The molecule has 1 saturated heterocycles. The molecular formula is C45H39EuN6O15. The Balaban J connectivity index is 0.00000741. The minimum Gasteiger partial charge on any atom is -0.545 e. The molecule has 0 spiro atoms. The molecule has 0 atom stereocenters. The number of pyridine rings is 3. The third-order valence-electron chi connectivity index (χ3n) is 10.9. The van der Waals surface area contributed by atoms with Crippen LogP contribution in [0.15, 0.2) is 67.8 Å². The topological polar surface area (TPSA) is 320 Å². The maximum atomic E-state index is 12.3. The van der Waals surface area contributed by atoms with Gasteiger partial charge in [-0.2, -0.15) is 0 Å². The number of hydrogen-bond donors (Lipinski definition) is 3. The van der Waals surface area contributed by atoms with Crippen LogP contribution in [0.2, 0.25) is 0 Å². The molecule has 6 aromatic rings. The largest absolute Gasteiger partial charge is 3.00 e. The van der Waals surface area contributed by atoms with Gasteiger partial charge in [0.15, 0.2) is 0 Å². The summed E-state index contributed by atoms with van der Waals surface area (Å²) in [5.41, 5.74) is 0.0902. The summed E-state index contributed by atoms with van der Waals surface area (Å²) in [6.45, 7) is 6.67. The third kappa shape index (κ3) is 11.9. The Morgan fingerprint density at radius 2 is 0.761 bits per heavy atom. The summed E-state index contributed by atoms with van der Waals surface area (Å²) in [6, 6.07) is 12.3. The van der Waals surface area contributed by atoms with Crippen LogP contribution in [0.3, 0.4) is 0 Å². The number of aromatic carboxylic acids is 6. The molecule has 0 aromatic carbocycles. The SMILES string of the molecule is Cc1oc(-c2cc(CN3CCN(Cc4cc(-c5cc(C(=O)[O-])c(C)o5)cc(C(=O)O)n4)CCN(Cc4cc(-c5cc(C(=O)O)c(C)o5)cc(C(=O)O)n4)CC3)nc(C(=O)[O-])c2)cc1C(=O)[O-].[Eu+3]. The Labute approximate surface area is 420 Å². The van der Waals surface area contributed by atoms with Crippen LogP contribution in [0.5, 0.6) is 0 Å². The Morgan fingerprint density at radius 3 is 1.03 bits per heavy atom. The number of hydrogen-bond acceptors (Lipinski definition) is 18. The van der Waals surface area contributed by atoms with E-state index in [0.717, 1.165) is 0 Å². The van der Waals surface area contributed by atoms with Gasteiger partial charge in [-0.15, -0.1) is 0 Å². The first-order chi connectivity index (χ1) is 31.3. The summed E-state index contributed by atoms with van der Waals surface area (Å²) in [5, 5.41) is 65.1. The van der Waals surface area contributed by atoms with Gasteiger partial charge in [-0.3, -0.25) is 19.7 Å². The smallest absolute Gasteiger partial charge is 0.545 e. The van der Waals surface area contributed by atoms with Crippen LogP contribution in [0, 0.1) is 70.1 Å². The van der Waals surface area contributed by atoms with Crippen LogP contribution in [0.1, 0.15) is 96.9 Å². The molecule has 1 fully saturated rings. The van der Waals surface area contributed by atoms with Gasteiger partial charge in [-0.1, -0.05) is 0 Å². The fourth-order valence-electron chi connectivity index (χ4n) is 7.59. The van der Waals surface area contributed by atoms with Gasteiger partial charge in [0, 0.05) is 86.7 Å². The molecule has 0 aliphatic carbocycles. The molecule has 0 radical (unpaired) electrons. The fourth-order valence-corrected chi connectivity index (χ4v) is 7.59. The number of carbonyl (C=O) groups excluding carboxylic acids is 3. The Kier molecular flexibility index (Phi) is 15.7. The average molecular weight is 1060 g/mol. The first-order valence-corrected chi connectivity index (χ1v) is 20.2. The second-order valence-electron chi connectivity index (χ2n) is 15.5. The molecule has 0 amide bonds. The summed E-state index contributed by atoms with van der Waals surface area (Å²) in [6.07, 6.45) is 0. The summed E-state index contributed by atoms with van der Waals surface area (Å²) in [5.74, 6) is -7.90. The number of carboxylic acid groups (broad SMARTS) is 6. The molecular weight excluding hydrogens is 1020 g/mol. The van der Waals surface area contributed by atoms with Crippen LogP contribution < -0.4 is 15.3 Å². The van der Waals surface area contributed by atoms with Gasteiger partial charge < -0.3 is 58.3 Å². The van der Waals surface area contributed by atoms with E-state index >= 15 is 0 Å². The first-order valence-electron chi connectivity index (χ1n) is 20.2. The fraction of sp³-hybridized carbons (Fsp3) is 0.267. The van der Waals surface area contributed by atoms with Crippen LogP contribution in [-0.2, 0) is 19.6 Å². The molecule has 346 valence electrons. The quantitative estimate of drug-likeness (QED) is 0.131. The van der Waals surface area contributed by atoms with Crippen LogP contribution >= 0.6 is 0 Å². The van der Waals surface area contributed by atoms with Crippen molar-refractivity contribution < 1.29 is 122 Å². The Morgan fingerprint density at radius 1 is 0.463 bits per heavy atom. The zero-order chi connectivity index (χ0) is 47.6. The van der Waals surface area contributed by atoms with E-state index in [0.29, 0.717) is 50.7 Å². The van der Waals surface area contributed by atoms with Crippen molar-refractivity contribution >= 4 is 35.8 Å². The monoisotopic (exact) mass is 1060 g/mol. The zero-order valence-electron chi connectivity index (χ0n) is 35.9. The van der Waals surface area contributed by atoms with E-state index < -0.39 is 41.5 Å². The third-order valence-corrected chi connectivity index (χ3v) is 10.9. The van der Waals surface area contributed by atoms with Crippen molar-refractivity contribution in [3.05, 3.63) is 123 Å². The van der Waals surface area contributed by atoms with Crippen molar-refractivity contribution in [1.82, 2.24) is 29.7 Å². The number of carboxylic acids is 6. The molecule has 0 bridgehead atoms. The molecule has 3 N–H and O–H groups in total. The van der Waals surface area contributed by atoms with Gasteiger partial charge in [0.25, 0.3) is 0 Å². The summed E-state index contributed by atoms with van der Waals surface area (Å²) in [4.78, 5) is 90.8. The molecule has 67 heavy (non-hydrogen) atoms. The van der Waals surface area contributed by atoms with E-state index in [4.69, 9.17) is 13.3 Å². The van der Waals surface area contributed by atoms with Gasteiger partial charge >= 0.3 is 67.3 Å². The van der Waals surface area contributed by atoms with Gasteiger partial charge in [-0.25, -0.2) is 24.4 Å². The van der Waals surface area contributed by atoms with E-state index in [1.54, 1.807) is 18.2 Å². The van der Waals surface area contributed by atoms with Crippen molar-refractivity contribution in [3.63, 3.8) is 0 Å². The van der Waals surface area contributed by atoms with E-state index in [-0.39, 0.29) is 154 Å². The van der Waals surface area contributed by atoms with E-state index in [1.807, 2.05) is 14.7 Å². The number of carbonyl (C=O) groups is 6. The molecule has 7 rings (SSSR count). The van der Waals surface area contributed by atoms with Gasteiger partial charge in [0.1, 0.15) is 51.5 Å². The minimum absolute atomic E-state index is 0. The molecule has 21 nitrogen and oxygen atoms in total. The second kappa shape index (κ2) is 21.0. The second-order valence-corrected chi connectivity index (χ2v) is 15.5. The number of aromatic nitrogens is 3. The van der Waals surface area contributed by atoms with E-state index in [1.165, 1.54) is 57.2 Å². The van der Waals surface area contributed by atoms with Crippen LogP contribution in [-0.4, -0.2) is 120 Å². The molecule has 6 aromatic heterocycles. The van der Waals surface area contributed by atoms with E-state index in [2.05, 4.69) is 15.0 Å². The molecule has 1 aliphatic heterocycles. The number of furan rings is 3. The summed E-state index contributed by atoms with van der Waals surface area (Å²) >= 11 is 0. The predicted octanol–water partition coefficient (Wildman–Crippen LogP) is 1.58. The van der Waals surface area contributed by atoms with Crippen molar-refractivity contribution in [2.45, 2.75) is 40.4 Å². The normalized spacial score (nSPS) is 13.8. The Bertz CT molecular complexity index is 2600. The van der Waals surface area contributed by atoms with Crippen molar-refractivity contribution in [2.75, 3.05) is 39.3 Å². The maximum absolute atomic E-state index is 12.3. The molecule has 1 aliphatic rings. The standard InChI is InChI=1S/C45H42N6O15.Eu/c1-22-31(40(52)53)16-37(64-22)25-10-28(46-34(13-25)43(58)59)19-49-4-6-50(20-29-11-26(14-35(47-29)44(60)61)38-17-32(41(54)55)23(2)65-38)8-9-51(7-5-49)21-30-12-27(15-36(48-30)45(62)63)39-18-33(42(56)57)24(3)66-39;/h10-18H,4-9,19-21H2,1-3H3,(H,52,53)(H,54,55)(H,56,57)(H,58,59)(H,60,61)(H,62,63);/q;+3/p-3. The van der Waals surface area contributed by atoms with Crippen molar-refractivity contribution in [1.29, 1.82) is 0 Å².